The number of esters is 1. The topological polar surface area (TPSA) is 95.9 Å². The standard InChI is InChI=1S/C10H18N2O5/c1-12(2)6-8(13)11-7(10(15)16)4-5-9(14)17-3/h7H,4-6H2,1-3H3,(H,11,13)(H,15,16)/t7-/m0/s1. The number of methoxy groups -OCH3 is 1. The summed E-state index contributed by atoms with van der Waals surface area (Å²) in [6.07, 6.45) is -0.0309. The van der Waals surface area contributed by atoms with Gasteiger partial charge in [-0.15, -0.1) is 0 Å². The Balaban J connectivity index is 4.20. The molecule has 0 heterocycles. The van der Waals surface area contributed by atoms with Crippen molar-refractivity contribution < 1.29 is 24.2 Å². The SMILES string of the molecule is COC(=O)CC[C@H](NC(=O)CN(C)C)C(=O)O. The minimum atomic E-state index is -1.17. The fourth-order valence-electron chi connectivity index (χ4n) is 1.15. The molecule has 0 unspecified atom stereocenters. The highest BCUT2D eigenvalue weighted by molar-refractivity contribution is 5.85. The number of hydrogen-bond donors (Lipinski definition) is 2. The van der Waals surface area contributed by atoms with Gasteiger partial charge in [-0.2, -0.15) is 0 Å². The van der Waals surface area contributed by atoms with Crippen molar-refractivity contribution in [3.05, 3.63) is 0 Å². The van der Waals surface area contributed by atoms with Crippen LogP contribution in [0.1, 0.15) is 12.8 Å². The van der Waals surface area contributed by atoms with Gasteiger partial charge in [-0.3, -0.25) is 9.59 Å². The first-order valence-corrected chi connectivity index (χ1v) is 5.10. The molecule has 0 fully saturated rings. The predicted octanol–water partition coefficient (Wildman–Crippen LogP) is -0.929. The average molecular weight is 246 g/mol. The van der Waals surface area contributed by atoms with E-state index in [0.29, 0.717) is 0 Å². The van der Waals surface area contributed by atoms with Crippen LogP contribution in [-0.4, -0.2) is 61.6 Å². The van der Waals surface area contributed by atoms with Crippen LogP contribution >= 0.6 is 0 Å². The van der Waals surface area contributed by atoms with Gasteiger partial charge in [0, 0.05) is 6.42 Å². The Bertz CT molecular complexity index is 290. The number of rotatable bonds is 7. The van der Waals surface area contributed by atoms with E-state index in [0.717, 1.165) is 0 Å². The molecule has 1 amide bonds. The molecule has 7 nitrogen and oxygen atoms in total. The molecule has 0 aliphatic heterocycles. The Kier molecular flexibility index (Phi) is 6.88. The molecular formula is C10H18N2O5. The second kappa shape index (κ2) is 7.61. The maximum atomic E-state index is 11.4. The number of nitrogens with one attached hydrogen (secondary N) is 1. The van der Waals surface area contributed by atoms with Crippen LogP contribution in [0.2, 0.25) is 0 Å². The van der Waals surface area contributed by atoms with Crippen LogP contribution in [-0.2, 0) is 19.1 Å². The van der Waals surface area contributed by atoms with Gasteiger partial charge in [-0.25, -0.2) is 4.79 Å². The van der Waals surface area contributed by atoms with Crippen LogP contribution in [0.5, 0.6) is 0 Å². The Morgan fingerprint density at radius 1 is 1.35 bits per heavy atom. The van der Waals surface area contributed by atoms with Crippen LogP contribution in [0.15, 0.2) is 0 Å². The molecule has 0 bridgehead atoms. The second-order valence-electron chi connectivity index (χ2n) is 3.81. The van der Waals surface area contributed by atoms with Gasteiger partial charge in [-0.05, 0) is 20.5 Å². The predicted molar refractivity (Wildman–Crippen MR) is 59.4 cm³/mol. The number of carbonyl (C=O) groups is 3. The molecule has 2 N–H and O–H groups in total. The number of likely N-dealkylation sites (N-methyl/N-ethyl adjacent to an activating group) is 1. The largest absolute Gasteiger partial charge is 0.480 e. The monoisotopic (exact) mass is 246 g/mol. The van der Waals surface area contributed by atoms with E-state index in [-0.39, 0.29) is 19.4 Å². The number of aliphatic carboxylic acids is 1. The lowest BCUT2D eigenvalue weighted by Crippen LogP contribution is -2.44. The van der Waals surface area contributed by atoms with E-state index in [1.807, 2.05) is 0 Å². The minimum Gasteiger partial charge on any atom is -0.480 e. The summed E-state index contributed by atoms with van der Waals surface area (Å²) in [6, 6.07) is -1.07. The number of hydrogen-bond acceptors (Lipinski definition) is 5. The molecule has 0 radical (unpaired) electrons. The van der Waals surface area contributed by atoms with Crippen molar-refractivity contribution in [3.8, 4) is 0 Å². The fourth-order valence-corrected chi connectivity index (χ4v) is 1.15. The number of nitrogens with zero attached hydrogens (tertiary/aromatic N) is 1. The normalized spacial score (nSPS) is 12.0. The minimum absolute atomic E-state index is 0.0151. The molecule has 0 aliphatic carbocycles. The van der Waals surface area contributed by atoms with E-state index >= 15 is 0 Å². The molecule has 0 aromatic carbocycles. The molecule has 0 aromatic rings. The van der Waals surface area contributed by atoms with Crippen molar-refractivity contribution in [1.29, 1.82) is 0 Å². The molecule has 0 aliphatic rings. The lowest BCUT2D eigenvalue weighted by atomic mass is 10.1. The van der Waals surface area contributed by atoms with E-state index in [4.69, 9.17) is 5.11 Å². The Hall–Kier alpha value is -1.63. The fraction of sp³-hybridized carbons (Fsp3) is 0.700. The quantitative estimate of drug-likeness (QED) is 0.563. The molecule has 17 heavy (non-hydrogen) atoms. The smallest absolute Gasteiger partial charge is 0.326 e. The summed E-state index contributed by atoms with van der Waals surface area (Å²) < 4.78 is 4.40. The first-order valence-electron chi connectivity index (χ1n) is 5.10. The Morgan fingerprint density at radius 3 is 2.35 bits per heavy atom. The molecule has 98 valence electrons. The number of ether oxygens (including phenoxy) is 1. The van der Waals surface area contributed by atoms with Crippen LogP contribution in [0, 0.1) is 0 Å². The Morgan fingerprint density at radius 2 is 1.94 bits per heavy atom. The van der Waals surface area contributed by atoms with Crippen LogP contribution < -0.4 is 5.32 Å². The third kappa shape index (κ3) is 7.29. The van der Waals surface area contributed by atoms with Gasteiger partial charge in [-0.1, -0.05) is 0 Å². The number of carbonyl (C=O) groups excluding carboxylic acids is 2. The van der Waals surface area contributed by atoms with Gasteiger partial charge >= 0.3 is 11.9 Å². The van der Waals surface area contributed by atoms with Crippen LogP contribution in [0.3, 0.4) is 0 Å². The second-order valence-corrected chi connectivity index (χ2v) is 3.81. The summed E-state index contributed by atoms with van der Waals surface area (Å²) in [5, 5.41) is 11.2. The maximum Gasteiger partial charge on any atom is 0.326 e. The highest BCUT2D eigenvalue weighted by atomic mass is 16.5. The summed E-state index contributed by atoms with van der Waals surface area (Å²) >= 11 is 0. The van der Waals surface area contributed by atoms with Crippen molar-refractivity contribution in [2.45, 2.75) is 18.9 Å². The summed E-state index contributed by atoms with van der Waals surface area (Å²) in [5.41, 5.74) is 0. The average Bonchev–Trinajstić information content (AvgIpc) is 2.22. The van der Waals surface area contributed by atoms with E-state index < -0.39 is 23.9 Å². The van der Waals surface area contributed by atoms with Crippen molar-refractivity contribution in [2.75, 3.05) is 27.7 Å². The zero-order valence-electron chi connectivity index (χ0n) is 10.2. The van der Waals surface area contributed by atoms with E-state index in [2.05, 4.69) is 10.1 Å². The molecule has 1 atom stereocenters. The van der Waals surface area contributed by atoms with Gasteiger partial charge in [0.15, 0.2) is 0 Å². The number of amides is 1. The van der Waals surface area contributed by atoms with E-state index in [9.17, 15) is 14.4 Å². The number of carboxylic acids is 1. The van der Waals surface area contributed by atoms with Crippen molar-refractivity contribution in [1.82, 2.24) is 10.2 Å². The first kappa shape index (κ1) is 15.4. The third-order valence-corrected chi connectivity index (χ3v) is 1.96. The van der Waals surface area contributed by atoms with Gasteiger partial charge in [0.25, 0.3) is 0 Å². The molecule has 7 heteroatoms. The lowest BCUT2D eigenvalue weighted by molar-refractivity contribution is -0.144. The van der Waals surface area contributed by atoms with Gasteiger partial charge in [0.1, 0.15) is 6.04 Å². The zero-order valence-corrected chi connectivity index (χ0v) is 10.2. The van der Waals surface area contributed by atoms with Crippen molar-refractivity contribution >= 4 is 17.8 Å². The lowest BCUT2D eigenvalue weighted by Gasteiger charge is -2.15. The molecule has 0 spiro atoms. The van der Waals surface area contributed by atoms with Crippen molar-refractivity contribution in [3.63, 3.8) is 0 Å². The third-order valence-electron chi connectivity index (χ3n) is 1.96. The zero-order chi connectivity index (χ0) is 13.4. The van der Waals surface area contributed by atoms with Gasteiger partial charge in [0.2, 0.25) is 5.91 Å². The van der Waals surface area contributed by atoms with Crippen LogP contribution in [0.4, 0.5) is 0 Å². The molecule has 0 saturated carbocycles. The Labute approximate surface area is 99.7 Å². The van der Waals surface area contributed by atoms with E-state index in [1.54, 1.807) is 19.0 Å². The van der Waals surface area contributed by atoms with Crippen LogP contribution in [0.25, 0.3) is 0 Å². The molecule has 0 rings (SSSR count). The maximum absolute atomic E-state index is 11.4. The summed E-state index contributed by atoms with van der Waals surface area (Å²) in [4.78, 5) is 34.7. The number of carboxylic acid groups (broad SMARTS) is 1. The van der Waals surface area contributed by atoms with Gasteiger partial charge < -0.3 is 20.1 Å². The summed E-state index contributed by atoms with van der Waals surface area (Å²) in [7, 11) is 4.62. The highest BCUT2D eigenvalue weighted by Gasteiger charge is 2.21. The van der Waals surface area contributed by atoms with E-state index in [1.165, 1.54) is 7.11 Å². The molecule has 0 saturated heterocycles. The molecule has 0 aromatic heterocycles. The highest BCUT2D eigenvalue weighted by Crippen LogP contribution is 1.99. The van der Waals surface area contributed by atoms with Crippen molar-refractivity contribution in [2.24, 2.45) is 0 Å². The first-order chi connectivity index (χ1) is 7.86. The summed E-state index contributed by atoms with van der Waals surface area (Å²) in [5.74, 6) is -2.06. The summed E-state index contributed by atoms with van der Waals surface area (Å²) in [6.45, 7) is 0.0992. The molecular weight excluding hydrogens is 228 g/mol. The van der Waals surface area contributed by atoms with Gasteiger partial charge in [0.05, 0.1) is 13.7 Å².